The number of quaternary nitrogens is 1. The van der Waals surface area contributed by atoms with Gasteiger partial charge in [0.15, 0.2) is 0 Å². The molecule has 134 valence electrons. The molecule has 2 nitrogen and oxygen atoms in total. The van der Waals surface area contributed by atoms with Crippen molar-refractivity contribution >= 4 is 5.76 Å². The molecule has 0 radical (unpaired) electrons. The fraction of sp³-hybridized carbons (Fsp3) is 0.619. The number of halogens is 1. The van der Waals surface area contributed by atoms with Crippen LogP contribution in [0.1, 0.15) is 62.5 Å². The molecule has 0 spiro atoms. The van der Waals surface area contributed by atoms with Crippen LogP contribution in [0, 0.1) is 6.92 Å². The van der Waals surface area contributed by atoms with Crippen molar-refractivity contribution in [1.29, 1.82) is 0 Å². The normalized spacial score (nSPS) is 23.7. The highest BCUT2D eigenvalue weighted by Gasteiger charge is 2.25. The van der Waals surface area contributed by atoms with Gasteiger partial charge in [0, 0.05) is 24.8 Å². The van der Waals surface area contributed by atoms with Gasteiger partial charge in [-0.15, -0.1) is 0 Å². The lowest BCUT2D eigenvalue weighted by Crippen LogP contribution is -3.10. The summed E-state index contributed by atoms with van der Waals surface area (Å²) in [5, 5.41) is 0. The molecule has 3 heteroatoms. The van der Waals surface area contributed by atoms with Crippen LogP contribution in [0.2, 0.25) is 0 Å². The first kappa shape index (κ1) is 19.3. The number of hydrogen-bond donors (Lipinski definition) is 1. The standard InChI is InChI=1S/C21H31NO.ClH/c1-17-9-6-7-13-20(17)21(18-10-4-3-5-11-18)23-16-14-19-12-8-15-22(19)2;/h6-7,9,13,19H,3-5,8,10-12,14-16H2,1-2H3;1H. The Morgan fingerprint density at radius 1 is 1.12 bits per heavy atom. The van der Waals surface area contributed by atoms with Gasteiger partial charge in [-0.2, -0.15) is 0 Å². The van der Waals surface area contributed by atoms with Crippen molar-refractivity contribution in [2.45, 2.75) is 64.3 Å². The van der Waals surface area contributed by atoms with Gasteiger partial charge in [0.25, 0.3) is 0 Å². The Bertz CT molecular complexity index is 547. The van der Waals surface area contributed by atoms with Crippen LogP contribution in [0.4, 0.5) is 0 Å². The summed E-state index contributed by atoms with van der Waals surface area (Å²) >= 11 is 0. The van der Waals surface area contributed by atoms with Crippen LogP contribution in [-0.4, -0.2) is 26.2 Å². The number of nitrogens with one attached hydrogen (secondary N) is 1. The maximum atomic E-state index is 6.43. The highest BCUT2D eigenvalue weighted by Crippen LogP contribution is 2.32. The van der Waals surface area contributed by atoms with E-state index in [0.29, 0.717) is 0 Å². The predicted octanol–water partition coefficient (Wildman–Crippen LogP) is 0.758. The van der Waals surface area contributed by atoms with Crippen molar-refractivity contribution in [3.05, 3.63) is 41.0 Å². The minimum atomic E-state index is 0. The second-order valence-electron chi connectivity index (χ2n) is 7.38. The number of allylic oxidation sites excluding steroid dienone is 1. The first-order valence-corrected chi connectivity index (χ1v) is 9.49. The van der Waals surface area contributed by atoms with Gasteiger partial charge < -0.3 is 22.0 Å². The zero-order valence-electron chi connectivity index (χ0n) is 15.2. The highest BCUT2D eigenvalue weighted by molar-refractivity contribution is 5.66. The summed E-state index contributed by atoms with van der Waals surface area (Å²) in [6.45, 7) is 4.41. The molecule has 1 heterocycles. The van der Waals surface area contributed by atoms with E-state index in [4.69, 9.17) is 4.74 Å². The Labute approximate surface area is 153 Å². The summed E-state index contributed by atoms with van der Waals surface area (Å²) in [6.07, 6.45) is 10.4. The van der Waals surface area contributed by atoms with Crippen LogP contribution in [0.3, 0.4) is 0 Å². The number of benzene rings is 1. The monoisotopic (exact) mass is 349 g/mol. The predicted molar refractivity (Wildman–Crippen MR) is 96.5 cm³/mol. The Morgan fingerprint density at radius 2 is 1.88 bits per heavy atom. The second kappa shape index (κ2) is 9.48. The van der Waals surface area contributed by atoms with Crippen LogP contribution >= 0.6 is 0 Å². The highest BCUT2D eigenvalue weighted by atomic mass is 35.5. The average molecular weight is 350 g/mol. The molecule has 2 fully saturated rings. The Kier molecular flexibility index (Phi) is 7.64. The lowest BCUT2D eigenvalue weighted by Gasteiger charge is -2.22. The number of likely N-dealkylation sites (tertiary alicyclic amines) is 1. The molecule has 2 aliphatic rings. The summed E-state index contributed by atoms with van der Waals surface area (Å²) in [5.41, 5.74) is 4.21. The molecular formula is C21H32ClNO. The third kappa shape index (κ3) is 4.77. The SMILES string of the molecule is Cc1ccccc1C(OCCC1CCC[NH+]1C)=C1CCCCC1.[Cl-]. The van der Waals surface area contributed by atoms with Crippen molar-refractivity contribution in [2.24, 2.45) is 0 Å². The molecule has 2 unspecified atom stereocenters. The van der Waals surface area contributed by atoms with Gasteiger partial charge in [-0.1, -0.05) is 30.7 Å². The van der Waals surface area contributed by atoms with Crippen molar-refractivity contribution in [3.8, 4) is 0 Å². The molecule has 1 saturated heterocycles. The molecule has 0 bridgehead atoms. The van der Waals surface area contributed by atoms with Gasteiger partial charge in [-0.05, 0) is 43.7 Å². The number of aryl methyl sites for hydroxylation is 1. The van der Waals surface area contributed by atoms with Crippen molar-refractivity contribution in [3.63, 3.8) is 0 Å². The molecule has 1 N–H and O–H groups in total. The van der Waals surface area contributed by atoms with E-state index in [2.05, 4.69) is 38.2 Å². The Hall–Kier alpha value is -0.990. The second-order valence-corrected chi connectivity index (χ2v) is 7.38. The van der Waals surface area contributed by atoms with Gasteiger partial charge in [-0.25, -0.2) is 0 Å². The van der Waals surface area contributed by atoms with Gasteiger partial charge in [0.1, 0.15) is 5.76 Å². The first-order chi connectivity index (χ1) is 11.3. The molecule has 1 saturated carbocycles. The summed E-state index contributed by atoms with van der Waals surface area (Å²) in [5.74, 6) is 1.21. The van der Waals surface area contributed by atoms with Gasteiger partial charge >= 0.3 is 0 Å². The van der Waals surface area contributed by atoms with E-state index in [1.54, 1.807) is 10.5 Å². The molecule has 1 aromatic rings. The average Bonchev–Trinajstić information content (AvgIpc) is 2.99. The van der Waals surface area contributed by atoms with Gasteiger partial charge in [0.05, 0.1) is 26.2 Å². The maximum absolute atomic E-state index is 6.43. The largest absolute Gasteiger partial charge is 1.00 e. The number of ether oxygens (including phenoxy) is 1. The number of hydrogen-bond acceptors (Lipinski definition) is 1. The van der Waals surface area contributed by atoms with Gasteiger partial charge in [0.2, 0.25) is 0 Å². The molecule has 1 aliphatic heterocycles. The van der Waals surface area contributed by atoms with Crippen LogP contribution in [0.15, 0.2) is 29.8 Å². The van der Waals surface area contributed by atoms with Crippen molar-refractivity contribution in [2.75, 3.05) is 20.2 Å². The summed E-state index contributed by atoms with van der Waals surface area (Å²) in [6, 6.07) is 9.50. The third-order valence-electron chi connectivity index (χ3n) is 5.70. The summed E-state index contributed by atoms with van der Waals surface area (Å²) in [4.78, 5) is 1.69. The zero-order chi connectivity index (χ0) is 16.1. The topological polar surface area (TPSA) is 13.7 Å². The van der Waals surface area contributed by atoms with E-state index in [9.17, 15) is 0 Å². The zero-order valence-corrected chi connectivity index (χ0v) is 16.0. The molecule has 0 aromatic heterocycles. The molecule has 2 atom stereocenters. The van der Waals surface area contributed by atoms with E-state index in [0.717, 1.165) is 12.6 Å². The molecule has 1 aromatic carbocycles. The maximum Gasteiger partial charge on any atom is 0.125 e. The van der Waals surface area contributed by atoms with Gasteiger partial charge in [-0.3, -0.25) is 0 Å². The van der Waals surface area contributed by atoms with Crippen molar-refractivity contribution < 1.29 is 22.0 Å². The fourth-order valence-corrected chi connectivity index (χ4v) is 4.18. The Morgan fingerprint density at radius 3 is 2.54 bits per heavy atom. The first-order valence-electron chi connectivity index (χ1n) is 9.49. The van der Waals surface area contributed by atoms with Crippen LogP contribution in [0.25, 0.3) is 5.76 Å². The summed E-state index contributed by atoms with van der Waals surface area (Å²) < 4.78 is 6.43. The molecule has 3 rings (SSSR count). The van der Waals surface area contributed by atoms with Crippen molar-refractivity contribution in [1.82, 2.24) is 0 Å². The van der Waals surface area contributed by atoms with Crippen LogP contribution in [0.5, 0.6) is 0 Å². The van der Waals surface area contributed by atoms with Crippen LogP contribution in [-0.2, 0) is 4.74 Å². The van der Waals surface area contributed by atoms with E-state index >= 15 is 0 Å². The fourth-order valence-electron chi connectivity index (χ4n) is 4.18. The number of rotatable bonds is 5. The van der Waals surface area contributed by atoms with Crippen LogP contribution < -0.4 is 17.3 Å². The quantitative estimate of drug-likeness (QED) is 0.775. The molecule has 24 heavy (non-hydrogen) atoms. The molecule has 1 aliphatic carbocycles. The minimum Gasteiger partial charge on any atom is -1.00 e. The van der Waals surface area contributed by atoms with E-state index < -0.39 is 0 Å². The smallest absolute Gasteiger partial charge is 0.125 e. The molecule has 0 amide bonds. The Balaban J connectivity index is 0.00000208. The van der Waals surface area contributed by atoms with E-state index in [1.165, 1.54) is 74.8 Å². The lowest BCUT2D eigenvalue weighted by atomic mass is 9.91. The van der Waals surface area contributed by atoms with E-state index in [1.807, 2.05) is 0 Å². The lowest BCUT2D eigenvalue weighted by molar-refractivity contribution is -0.892. The molecular weight excluding hydrogens is 318 g/mol. The third-order valence-corrected chi connectivity index (χ3v) is 5.70. The summed E-state index contributed by atoms with van der Waals surface area (Å²) in [7, 11) is 2.33. The van der Waals surface area contributed by atoms with E-state index in [-0.39, 0.29) is 12.4 Å². The minimum absolute atomic E-state index is 0.